The maximum absolute atomic E-state index is 14.5. The van der Waals surface area contributed by atoms with Crippen molar-refractivity contribution in [1.82, 2.24) is 24.2 Å². The van der Waals surface area contributed by atoms with Crippen LogP contribution in [0.5, 0.6) is 0 Å². The molecule has 1 amide bonds. The number of carbonyl (C=O) groups is 1. The van der Waals surface area contributed by atoms with Gasteiger partial charge in [-0.1, -0.05) is 0 Å². The van der Waals surface area contributed by atoms with Gasteiger partial charge >= 0.3 is 0 Å². The van der Waals surface area contributed by atoms with E-state index in [0.717, 1.165) is 35.9 Å². The third-order valence-electron chi connectivity index (χ3n) is 6.16. The van der Waals surface area contributed by atoms with Crippen LogP contribution in [0, 0.1) is 24.1 Å². The van der Waals surface area contributed by atoms with Gasteiger partial charge in [-0.15, -0.1) is 0 Å². The molecule has 0 bridgehead atoms. The first kappa shape index (κ1) is 20.9. The zero-order valence-corrected chi connectivity index (χ0v) is 18.5. The summed E-state index contributed by atoms with van der Waals surface area (Å²) >= 11 is 0. The Kier molecular flexibility index (Phi) is 5.17. The van der Waals surface area contributed by atoms with E-state index in [2.05, 4.69) is 5.10 Å². The van der Waals surface area contributed by atoms with Crippen LogP contribution in [-0.2, 0) is 7.05 Å². The van der Waals surface area contributed by atoms with Crippen LogP contribution in [-0.4, -0.2) is 43.2 Å². The number of nitriles is 1. The number of benzene rings is 2. The van der Waals surface area contributed by atoms with Gasteiger partial charge in [0.15, 0.2) is 0 Å². The average Bonchev–Trinajstić information content (AvgIpc) is 3.37. The van der Waals surface area contributed by atoms with Crippen molar-refractivity contribution in [3.05, 3.63) is 65.4 Å². The molecular weight excluding hydrogens is 419 g/mol. The van der Waals surface area contributed by atoms with Gasteiger partial charge in [0.1, 0.15) is 23.4 Å². The van der Waals surface area contributed by atoms with Crippen molar-refractivity contribution < 1.29 is 9.18 Å². The molecule has 7 nitrogen and oxygen atoms in total. The van der Waals surface area contributed by atoms with Gasteiger partial charge in [-0.25, -0.2) is 9.37 Å². The van der Waals surface area contributed by atoms with Crippen molar-refractivity contribution >= 4 is 16.8 Å². The first-order valence-electron chi connectivity index (χ1n) is 11.0. The minimum atomic E-state index is -0.619. The first-order chi connectivity index (χ1) is 16.0. The summed E-state index contributed by atoms with van der Waals surface area (Å²) in [4.78, 5) is 19.9. The summed E-state index contributed by atoms with van der Waals surface area (Å²) < 4.78 is 18.1. The van der Waals surface area contributed by atoms with Crippen molar-refractivity contribution in [2.75, 3.05) is 13.1 Å². The normalized spacial score (nSPS) is 13.9. The lowest BCUT2D eigenvalue weighted by molar-refractivity contribution is 0.0718. The molecule has 1 saturated heterocycles. The molecule has 0 radical (unpaired) electrons. The molecule has 0 unspecified atom stereocenters. The van der Waals surface area contributed by atoms with Crippen molar-refractivity contribution in [1.29, 1.82) is 5.26 Å². The molecule has 1 aliphatic rings. The van der Waals surface area contributed by atoms with Crippen LogP contribution in [0.15, 0.2) is 42.6 Å². The summed E-state index contributed by atoms with van der Waals surface area (Å²) in [7, 11) is 1.86. The van der Waals surface area contributed by atoms with Crippen molar-refractivity contribution in [2.24, 2.45) is 7.05 Å². The largest absolute Gasteiger partial charge is 0.337 e. The first-order valence-corrected chi connectivity index (χ1v) is 11.0. The van der Waals surface area contributed by atoms with Crippen LogP contribution in [0.4, 0.5) is 4.39 Å². The molecule has 33 heavy (non-hydrogen) atoms. The predicted molar refractivity (Wildman–Crippen MR) is 122 cm³/mol. The minimum absolute atomic E-state index is 0.0342. The summed E-state index contributed by atoms with van der Waals surface area (Å²) in [6.07, 6.45) is 5.02. The van der Waals surface area contributed by atoms with Crippen molar-refractivity contribution in [3.63, 3.8) is 0 Å². The zero-order chi connectivity index (χ0) is 23.1. The number of likely N-dealkylation sites (tertiary alicyclic amines) is 1. The standard InChI is InChI=1S/C25H23FN6O/c1-16-23(25(33)31-10-4-3-5-11-31)28-24(17-6-7-18(14-27)21(26)12-17)32(16)20-9-8-19-15-30(2)29-22(19)13-20/h6-9,12-13,15H,3-5,10-11H2,1-2H3. The summed E-state index contributed by atoms with van der Waals surface area (Å²) in [5.74, 6) is -0.280. The molecule has 3 heterocycles. The average molecular weight is 442 g/mol. The number of hydrogen-bond acceptors (Lipinski definition) is 4. The fourth-order valence-electron chi connectivity index (χ4n) is 4.47. The molecule has 0 atom stereocenters. The second-order valence-corrected chi connectivity index (χ2v) is 8.41. The van der Waals surface area contributed by atoms with Crippen molar-refractivity contribution in [2.45, 2.75) is 26.2 Å². The van der Waals surface area contributed by atoms with Crippen LogP contribution < -0.4 is 0 Å². The molecule has 8 heteroatoms. The number of piperidine rings is 1. The Bertz CT molecular complexity index is 1420. The van der Waals surface area contributed by atoms with E-state index in [1.54, 1.807) is 10.7 Å². The lowest BCUT2D eigenvalue weighted by Crippen LogP contribution is -2.36. The molecule has 0 aliphatic carbocycles. The number of amides is 1. The molecule has 5 rings (SSSR count). The van der Waals surface area contributed by atoms with E-state index in [1.165, 1.54) is 12.1 Å². The van der Waals surface area contributed by atoms with Gasteiger partial charge in [0.05, 0.1) is 16.8 Å². The van der Waals surface area contributed by atoms with E-state index >= 15 is 0 Å². The van der Waals surface area contributed by atoms with Crippen LogP contribution in [0.3, 0.4) is 0 Å². The SMILES string of the molecule is Cc1c(C(=O)N2CCCCC2)nc(-c2ccc(C#N)c(F)c2)n1-c1ccc2cn(C)nc2c1. The molecule has 0 N–H and O–H groups in total. The Morgan fingerprint density at radius 3 is 2.64 bits per heavy atom. The van der Waals surface area contributed by atoms with E-state index < -0.39 is 5.82 Å². The Hall–Kier alpha value is -3.99. The van der Waals surface area contributed by atoms with Crippen LogP contribution in [0.25, 0.3) is 28.0 Å². The van der Waals surface area contributed by atoms with E-state index in [9.17, 15) is 9.18 Å². The van der Waals surface area contributed by atoms with Gasteiger partial charge in [0, 0.05) is 43.0 Å². The summed E-state index contributed by atoms with van der Waals surface area (Å²) in [5.41, 5.74) is 3.09. The van der Waals surface area contributed by atoms with E-state index in [0.29, 0.717) is 35.9 Å². The second kappa shape index (κ2) is 8.17. The van der Waals surface area contributed by atoms with Crippen LogP contribution in [0.2, 0.25) is 0 Å². The highest BCUT2D eigenvalue weighted by Crippen LogP contribution is 2.30. The van der Waals surface area contributed by atoms with E-state index in [1.807, 2.05) is 53.9 Å². The van der Waals surface area contributed by atoms with Gasteiger partial charge < -0.3 is 4.90 Å². The highest BCUT2D eigenvalue weighted by atomic mass is 19.1. The lowest BCUT2D eigenvalue weighted by atomic mass is 10.1. The zero-order valence-electron chi connectivity index (χ0n) is 18.5. The number of fused-ring (bicyclic) bond motifs is 1. The summed E-state index contributed by atoms with van der Waals surface area (Å²) in [6.45, 7) is 3.29. The molecule has 2 aromatic heterocycles. The number of rotatable bonds is 3. The topological polar surface area (TPSA) is 79.7 Å². The van der Waals surface area contributed by atoms with Gasteiger partial charge in [0.2, 0.25) is 0 Å². The highest BCUT2D eigenvalue weighted by Gasteiger charge is 2.27. The maximum atomic E-state index is 14.5. The number of carbonyl (C=O) groups excluding carboxylic acids is 1. The molecule has 0 spiro atoms. The third-order valence-corrected chi connectivity index (χ3v) is 6.16. The smallest absolute Gasteiger partial charge is 0.274 e. The third kappa shape index (κ3) is 3.65. The van der Waals surface area contributed by atoms with Gasteiger partial charge in [-0.2, -0.15) is 10.4 Å². The molecule has 4 aromatic rings. The quantitative estimate of drug-likeness (QED) is 0.472. The Morgan fingerprint density at radius 2 is 1.91 bits per heavy atom. The number of aryl methyl sites for hydroxylation is 1. The number of aromatic nitrogens is 4. The number of nitrogens with zero attached hydrogens (tertiary/aromatic N) is 6. The lowest BCUT2D eigenvalue weighted by Gasteiger charge is -2.26. The van der Waals surface area contributed by atoms with E-state index in [-0.39, 0.29) is 11.5 Å². The fourth-order valence-corrected chi connectivity index (χ4v) is 4.47. The molecular formula is C25H23FN6O. The van der Waals surface area contributed by atoms with Crippen molar-refractivity contribution in [3.8, 4) is 23.1 Å². The Labute approximate surface area is 190 Å². The minimum Gasteiger partial charge on any atom is -0.337 e. The monoisotopic (exact) mass is 442 g/mol. The molecule has 2 aromatic carbocycles. The van der Waals surface area contributed by atoms with Gasteiger partial charge in [-0.3, -0.25) is 14.0 Å². The van der Waals surface area contributed by atoms with E-state index in [4.69, 9.17) is 10.2 Å². The predicted octanol–water partition coefficient (Wildman–Crippen LogP) is 4.37. The summed E-state index contributed by atoms with van der Waals surface area (Å²) in [6, 6.07) is 12.1. The maximum Gasteiger partial charge on any atom is 0.274 e. The van der Waals surface area contributed by atoms with Crippen LogP contribution in [0.1, 0.15) is 41.0 Å². The number of imidazole rings is 1. The number of halogens is 1. The molecule has 0 saturated carbocycles. The summed E-state index contributed by atoms with van der Waals surface area (Å²) in [5, 5.41) is 14.6. The van der Waals surface area contributed by atoms with Gasteiger partial charge in [0.25, 0.3) is 5.91 Å². The molecule has 1 aliphatic heterocycles. The number of hydrogen-bond donors (Lipinski definition) is 0. The Morgan fingerprint density at radius 1 is 1.12 bits per heavy atom. The molecule has 1 fully saturated rings. The second-order valence-electron chi connectivity index (χ2n) is 8.41. The van der Waals surface area contributed by atoms with Crippen LogP contribution >= 0.6 is 0 Å². The highest BCUT2D eigenvalue weighted by molar-refractivity contribution is 5.94. The molecule has 166 valence electrons. The Balaban J connectivity index is 1.69. The fraction of sp³-hybridized carbons (Fsp3) is 0.280. The van der Waals surface area contributed by atoms with Gasteiger partial charge in [-0.05, 0) is 62.6 Å².